The van der Waals surface area contributed by atoms with Gasteiger partial charge in [-0.25, -0.2) is 5.48 Å². The Morgan fingerprint density at radius 1 is 0.917 bits per heavy atom. The lowest BCUT2D eigenvalue weighted by atomic mass is 10.1. The number of hydrogen-bond acceptors (Lipinski definition) is 3. The van der Waals surface area contributed by atoms with E-state index in [4.69, 9.17) is 4.84 Å². The van der Waals surface area contributed by atoms with Crippen LogP contribution in [0.1, 0.15) is 21.5 Å². The van der Waals surface area contributed by atoms with Gasteiger partial charge in [-0.1, -0.05) is 42.5 Å². The van der Waals surface area contributed by atoms with Crippen molar-refractivity contribution >= 4 is 5.91 Å². The average molecular weight is 339 g/mol. The van der Waals surface area contributed by atoms with Crippen molar-refractivity contribution in [2.45, 2.75) is 19.4 Å². The SMILES string of the molecule is O=C(NOCc1ccccc1)c1ccc(COCC(F)(F)F)cc1. The van der Waals surface area contributed by atoms with E-state index >= 15 is 0 Å². The molecule has 0 aromatic heterocycles. The molecule has 0 radical (unpaired) electrons. The molecule has 24 heavy (non-hydrogen) atoms. The van der Waals surface area contributed by atoms with Crippen LogP contribution in [0.15, 0.2) is 54.6 Å². The molecule has 2 aromatic carbocycles. The fourth-order valence-corrected chi connectivity index (χ4v) is 1.86. The number of hydrogen-bond donors (Lipinski definition) is 1. The summed E-state index contributed by atoms with van der Waals surface area (Å²) in [6.45, 7) is -1.25. The number of ether oxygens (including phenoxy) is 1. The summed E-state index contributed by atoms with van der Waals surface area (Å²) in [7, 11) is 0. The molecule has 1 amide bonds. The van der Waals surface area contributed by atoms with Gasteiger partial charge in [-0.3, -0.25) is 9.63 Å². The maximum absolute atomic E-state index is 12.0. The van der Waals surface area contributed by atoms with Crippen molar-refractivity contribution in [3.63, 3.8) is 0 Å². The van der Waals surface area contributed by atoms with Gasteiger partial charge in [0.25, 0.3) is 5.91 Å². The lowest BCUT2D eigenvalue weighted by Crippen LogP contribution is -2.23. The van der Waals surface area contributed by atoms with E-state index in [1.54, 1.807) is 0 Å². The van der Waals surface area contributed by atoms with E-state index in [0.717, 1.165) is 5.56 Å². The van der Waals surface area contributed by atoms with Crippen molar-refractivity contribution in [1.82, 2.24) is 5.48 Å². The number of nitrogens with one attached hydrogen (secondary N) is 1. The number of rotatable bonds is 7. The second kappa shape index (κ2) is 8.47. The Bertz CT molecular complexity index is 642. The van der Waals surface area contributed by atoms with Crippen molar-refractivity contribution in [2.24, 2.45) is 0 Å². The van der Waals surface area contributed by atoms with E-state index in [9.17, 15) is 18.0 Å². The maximum atomic E-state index is 12.0. The van der Waals surface area contributed by atoms with Crippen LogP contribution in [0.3, 0.4) is 0 Å². The highest BCUT2D eigenvalue weighted by Crippen LogP contribution is 2.15. The molecule has 0 bridgehead atoms. The molecule has 128 valence electrons. The summed E-state index contributed by atoms with van der Waals surface area (Å²) in [5, 5.41) is 0. The van der Waals surface area contributed by atoms with Gasteiger partial charge in [0.05, 0.1) is 13.2 Å². The highest BCUT2D eigenvalue weighted by atomic mass is 19.4. The standard InChI is InChI=1S/C17H16F3NO3/c18-17(19,20)12-23-10-14-6-8-15(9-7-14)16(22)21-24-11-13-4-2-1-3-5-13/h1-9H,10-12H2,(H,21,22). The highest BCUT2D eigenvalue weighted by Gasteiger charge is 2.27. The maximum Gasteiger partial charge on any atom is 0.411 e. The van der Waals surface area contributed by atoms with Crippen LogP contribution >= 0.6 is 0 Å². The first-order valence-corrected chi connectivity index (χ1v) is 7.13. The molecule has 4 nitrogen and oxygen atoms in total. The van der Waals surface area contributed by atoms with Crippen molar-refractivity contribution in [2.75, 3.05) is 6.61 Å². The summed E-state index contributed by atoms with van der Waals surface area (Å²) in [5.41, 5.74) is 4.10. The number of alkyl halides is 3. The number of halogens is 3. The lowest BCUT2D eigenvalue weighted by molar-refractivity contribution is -0.176. The molecular formula is C17H16F3NO3. The number of hydroxylamine groups is 1. The van der Waals surface area contributed by atoms with Crippen LogP contribution in [-0.2, 0) is 22.8 Å². The minimum Gasteiger partial charge on any atom is -0.367 e. The zero-order valence-corrected chi connectivity index (χ0v) is 12.7. The Kier molecular flexibility index (Phi) is 6.34. The molecule has 0 spiro atoms. The van der Waals surface area contributed by atoms with Crippen LogP contribution in [0.5, 0.6) is 0 Å². The van der Waals surface area contributed by atoms with E-state index < -0.39 is 18.7 Å². The number of carbonyl (C=O) groups is 1. The van der Waals surface area contributed by atoms with E-state index in [1.165, 1.54) is 24.3 Å². The van der Waals surface area contributed by atoms with E-state index in [1.807, 2.05) is 30.3 Å². The fourth-order valence-electron chi connectivity index (χ4n) is 1.86. The van der Waals surface area contributed by atoms with Gasteiger partial charge in [0.1, 0.15) is 6.61 Å². The van der Waals surface area contributed by atoms with Gasteiger partial charge >= 0.3 is 6.18 Å². The summed E-state index contributed by atoms with van der Waals surface area (Å²) < 4.78 is 40.5. The first-order chi connectivity index (χ1) is 11.4. The van der Waals surface area contributed by atoms with Crippen LogP contribution in [0.4, 0.5) is 13.2 Å². The largest absolute Gasteiger partial charge is 0.411 e. The Labute approximate surface area is 137 Å². The zero-order chi connectivity index (χ0) is 17.4. The molecular weight excluding hydrogens is 323 g/mol. The normalized spacial score (nSPS) is 11.3. The third kappa shape index (κ3) is 6.39. The first-order valence-electron chi connectivity index (χ1n) is 7.13. The molecule has 0 aliphatic heterocycles. The predicted molar refractivity (Wildman–Crippen MR) is 80.9 cm³/mol. The summed E-state index contributed by atoms with van der Waals surface area (Å²) in [4.78, 5) is 17.0. The molecule has 1 N–H and O–H groups in total. The molecule has 0 saturated carbocycles. The van der Waals surface area contributed by atoms with Crippen molar-refractivity contribution in [3.05, 3.63) is 71.3 Å². The second-order valence-electron chi connectivity index (χ2n) is 5.01. The number of carbonyl (C=O) groups excluding carboxylic acids is 1. The Balaban J connectivity index is 1.76. The number of amides is 1. The minimum atomic E-state index is -4.35. The average Bonchev–Trinajstić information content (AvgIpc) is 2.55. The molecule has 2 rings (SSSR count). The van der Waals surface area contributed by atoms with Crippen LogP contribution < -0.4 is 5.48 Å². The van der Waals surface area contributed by atoms with Crippen LogP contribution in [0.25, 0.3) is 0 Å². The van der Waals surface area contributed by atoms with Crippen LogP contribution in [0, 0.1) is 0 Å². The molecule has 0 aliphatic rings. The monoisotopic (exact) mass is 339 g/mol. The molecule has 0 saturated heterocycles. The lowest BCUT2D eigenvalue weighted by Gasteiger charge is -2.09. The van der Waals surface area contributed by atoms with Crippen LogP contribution in [-0.4, -0.2) is 18.7 Å². The smallest absolute Gasteiger partial charge is 0.367 e. The first kappa shape index (κ1) is 18.0. The van der Waals surface area contributed by atoms with Gasteiger partial charge in [-0.05, 0) is 23.3 Å². The van der Waals surface area contributed by atoms with Gasteiger partial charge in [0.2, 0.25) is 0 Å². The summed E-state index contributed by atoms with van der Waals surface area (Å²) in [6, 6.07) is 15.4. The Morgan fingerprint density at radius 2 is 1.54 bits per heavy atom. The summed E-state index contributed by atoms with van der Waals surface area (Å²) in [5.74, 6) is -0.436. The quantitative estimate of drug-likeness (QED) is 0.784. The Hall–Kier alpha value is -2.38. The zero-order valence-electron chi connectivity index (χ0n) is 12.7. The van der Waals surface area contributed by atoms with Gasteiger partial charge in [0, 0.05) is 5.56 Å². The van der Waals surface area contributed by atoms with Crippen molar-refractivity contribution < 1.29 is 27.5 Å². The highest BCUT2D eigenvalue weighted by molar-refractivity contribution is 5.93. The molecule has 0 unspecified atom stereocenters. The second-order valence-corrected chi connectivity index (χ2v) is 5.01. The van der Waals surface area contributed by atoms with Crippen molar-refractivity contribution in [3.8, 4) is 0 Å². The third-order valence-electron chi connectivity index (χ3n) is 3.00. The van der Waals surface area contributed by atoms with Gasteiger partial charge in [-0.15, -0.1) is 0 Å². The van der Waals surface area contributed by atoms with Crippen LogP contribution in [0.2, 0.25) is 0 Å². The van der Waals surface area contributed by atoms with Gasteiger partial charge < -0.3 is 4.74 Å². The molecule has 7 heteroatoms. The van der Waals surface area contributed by atoms with E-state index in [2.05, 4.69) is 10.2 Å². The van der Waals surface area contributed by atoms with E-state index in [-0.39, 0.29) is 13.2 Å². The molecule has 0 aliphatic carbocycles. The predicted octanol–water partition coefficient (Wildman–Crippen LogP) is 3.63. The third-order valence-corrected chi connectivity index (χ3v) is 3.00. The molecule has 0 heterocycles. The Morgan fingerprint density at radius 3 is 2.17 bits per heavy atom. The van der Waals surface area contributed by atoms with Crippen molar-refractivity contribution in [1.29, 1.82) is 0 Å². The van der Waals surface area contributed by atoms with Gasteiger partial charge in [0.15, 0.2) is 0 Å². The topological polar surface area (TPSA) is 47.6 Å². The molecule has 0 fully saturated rings. The fraction of sp³-hybridized carbons (Fsp3) is 0.235. The minimum absolute atomic E-state index is 0.175. The van der Waals surface area contributed by atoms with Gasteiger partial charge in [-0.2, -0.15) is 13.2 Å². The number of benzene rings is 2. The molecule has 2 aromatic rings. The summed E-state index contributed by atoms with van der Waals surface area (Å²) in [6.07, 6.45) is -4.35. The summed E-state index contributed by atoms with van der Waals surface area (Å²) >= 11 is 0. The molecule has 0 atom stereocenters. The van der Waals surface area contributed by atoms with E-state index in [0.29, 0.717) is 11.1 Å².